The highest BCUT2D eigenvalue weighted by atomic mass is 16.5. The third-order valence-corrected chi connectivity index (χ3v) is 3.42. The van der Waals surface area contributed by atoms with E-state index in [4.69, 9.17) is 20.5 Å². The Labute approximate surface area is 122 Å². The minimum Gasteiger partial charge on any atom is -0.378 e. The van der Waals surface area contributed by atoms with Gasteiger partial charge in [-0.1, -0.05) is 0 Å². The SMILES string of the molecule is N#CC1CN(c2nc(N)nc(N3CCOCC3)n2)CCO1. The van der Waals surface area contributed by atoms with Crippen molar-refractivity contribution < 1.29 is 9.47 Å². The molecule has 9 nitrogen and oxygen atoms in total. The molecule has 1 unspecified atom stereocenters. The fourth-order valence-electron chi connectivity index (χ4n) is 2.32. The van der Waals surface area contributed by atoms with Crippen molar-refractivity contribution in [2.45, 2.75) is 6.10 Å². The zero-order valence-corrected chi connectivity index (χ0v) is 11.6. The number of nitrogens with zero attached hydrogens (tertiary/aromatic N) is 6. The predicted octanol–water partition coefficient (Wildman–Crippen LogP) is -0.981. The van der Waals surface area contributed by atoms with Crippen LogP contribution < -0.4 is 15.5 Å². The summed E-state index contributed by atoms with van der Waals surface area (Å²) in [7, 11) is 0. The van der Waals surface area contributed by atoms with Gasteiger partial charge in [-0.25, -0.2) is 0 Å². The molecule has 2 aliphatic heterocycles. The van der Waals surface area contributed by atoms with E-state index < -0.39 is 6.10 Å². The van der Waals surface area contributed by atoms with E-state index in [0.717, 1.165) is 13.1 Å². The quantitative estimate of drug-likeness (QED) is 0.734. The Bertz CT molecular complexity index is 541. The molecule has 1 atom stereocenters. The zero-order valence-electron chi connectivity index (χ0n) is 11.6. The Morgan fingerprint density at radius 3 is 2.43 bits per heavy atom. The maximum atomic E-state index is 8.97. The fraction of sp³-hybridized carbons (Fsp3) is 0.667. The monoisotopic (exact) mass is 291 g/mol. The van der Waals surface area contributed by atoms with Crippen molar-refractivity contribution in [1.29, 1.82) is 5.26 Å². The summed E-state index contributed by atoms with van der Waals surface area (Å²) in [6.45, 7) is 4.28. The second kappa shape index (κ2) is 6.07. The normalized spacial score (nSPS) is 22.9. The third-order valence-electron chi connectivity index (χ3n) is 3.42. The van der Waals surface area contributed by atoms with Crippen LogP contribution >= 0.6 is 0 Å². The highest BCUT2D eigenvalue weighted by Crippen LogP contribution is 2.18. The summed E-state index contributed by atoms with van der Waals surface area (Å²) in [5, 5.41) is 8.97. The second-order valence-electron chi connectivity index (χ2n) is 4.83. The van der Waals surface area contributed by atoms with Gasteiger partial charge in [-0.3, -0.25) is 0 Å². The molecule has 3 heterocycles. The Kier molecular flexibility index (Phi) is 3.98. The van der Waals surface area contributed by atoms with E-state index in [2.05, 4.69) is 21.0 Å². The molecule has 0 amide bonds. The fourth-order valence-corrected chi connectivity index (χ4v) is 2.32. The van der Waals surface area contributed by atoms with E-state index >= 15 is 0 Å². The van der Waals surface area contributed by atoms with Crippen LogP contribution in [0.2, 0.25) is 0 Å². The lowest BCUT2D eigenvalue weighted by molar-refractivity contribution is 0.0758. The highest BCUT2D eigenvalue weighted by Gasteiger charge is 2.24. The van der Waals surface area contributed by atoms with Gasteiger partial charge in [0.05, 0.1) is 32.4 Å². The zero-order chi connectivity index (χ0) is 14.7. The van der Waals surface area contributed by atoms with Crippen molar-refractivity contribution in [1.82, 2.24) is 15.0 Å². The van der Waals surface area contributed by atoms with Crippen LogP contribution in [0, 0.1) is 11.3 Å². The van der Waals surface area contributed by atoms with Crippen LogP contribution in [0.5, 0.6) is 0 Å². The average Bonchev–Trinajstić information content (AvgIpc) is 2.55. The first-order chi connectivity index (χ1) is 10.3. The number of nitriles is 1. The molecule has 0 aliphatic carbocycles. The van der Waals surface area contributed by atoms with Gasteiger partial charge < -0.3 is 25.0 Å². The van der Waals surface area contributed by atoms with Crippen molar-refractivity contribution in [3.63, 3.8) is 0 Å². The van der Waals surface area contributed by atoms with Gasteiger partial charge in [-0.05, 0) is 0 Å². The van der Waals surface area contributed by atoms with Gasteiger partial charge in [0.25, 0.3) is 0 Å². The minimum atomic E-state index is -0.469. The lowest BCUT2D eigenvalue weighted by Crippen LogP contribution is -2.43. The molecular formula is C12H17N7O2. The molecule has 0 aromatic carbocycles. The number of nitrogen functional groups attached to an aromatic ring is 1. The highest BCUT2D eigenvalue weighted by molar-refractivity contribution is 5.44. The number of nitrogens with two attached hydrogens (primary N) is 1. The first-order valence-electron chi connectivity index (χ1n) is 6.86. The van der Waals surface area contributed by atoms with Crippen LogP contribution in [0.1, 0.15) is 0 Å². The Hall–Kier alpha value is -2.18. The van der Waals surface area contributed by atoms with Crippen LogP contribution in [0.25, 0.3) is 0 Å². The van der Waals surface area contributed by atoms with Crippen molar-refractivity contribution in [3.8, 4) is 6.07 Å². The van der Waals surface area contributed by atoms with Crippen molar-refractivity contribution in [2.24, 2.45) is 0 Å². The van der Waals surface area contributed by atoms with E-state index in [9.17, 15) is 0 Å². The maximum absolute atomic E-state index is 8.97. The maximum Gasteiger partial charge on any atom is 0.232 e. The minimum absolute atomic E-state index is 0.182. The molecule has 0 spiro atoms. The summed E-state index contributed by atoms with van der Waals surface area (Å²) in [6, 6.07) is 2.10. The van der Waals surface area contributed by atoms with Crippen molar-refractivity contribution >= 4 is 17.8 Å². The van der Waals surface area contributed by atoms with Gasteiger partial charge >= 0.3 is 0 Å². The molecular weight excluding hydrogens is 274 g/mol. The molecule has 1 aromatic heterocycles. The summed E-state index contributed by atoms with van der Waals surface area (Å²) in [4.78, 5) is 16.8. The summed E-state index contributed by atoms with van der Waals surface area (Å²) in [5.41, 5.74) is 5.80. The number of ether oxygens (including phenoxy) is 2. The van der Waals surface area contributed by atoms with Gasteiger partial charge in [0, 0.05) is 19.6 Å². The van der Waals surface area contributed by atoms with Crippen molar-refractivity contribution in [3.05, 3.63) is 0 Å². The van der Waals surface area contributed by atoms with Gasteiger partial charge in [-0.2, -0.15) is 20.2 Å². The van der Waals surface area contributed by atoms with Crippen molar-refractivity contribution in [2.75, 3.05) is 61.5 Å². The van der Waals surface area contributed by atoms with Gasteiger partial charge in [0.2, 0.25) is 17.8 Å². The molecule has 2 saturated heterocycles. The molecule has 2 N–H and O–H groups in total. The number of rotatable bonds is 2. The smallest absolute Gasteiger partial charge is 0.232 e. The third kappa shape index (κ3) is 3.12. The number of hydrogen-bond donors (Lipinski definition) is 1. The molecule has 0 bridgehead atoms. The van der Waals surface area contributed by atoms with Crippen LogP contribution in [0.3, 0.4) is 0 Å². The summed E-state index contributed by atoms with van der Waals surface area (Å²) in [6.07, 6.45) is -0.469. The lowest BCUT2D eigenvalue weighted by atomic mass is 10.3. The first-order valence-corrected chi connectivity index (χ1v) is 6.86. The molecule has 9 heteroatoms. The van der Waals surface area contributed by atoms with E-state index in [0.29, 0.717) is 44.8 Å². The summed E-state index contributed by atoms with van der Waals surface area (Å²) < 4.78 is 10.6. The molecule has 2 aliphatic rings. The number of morpholine rings is 2. The molecule has 2 fully saturated rings. The molecule has 0 radical (unpaired) electrons. The van der Waals surface area contributed by atoms with Crippen LogP contribution in [-0.2, 0) is 9.47 Å². The van der Waals surface area contributed by atoms with Gasteiger partial charge in [-0.15, -0.1) is 0 Å². The number of hydrogen-bond acceptors (Lipinski definition) is 9. The Balaban J connectivity index is 1.82. The standard InChI is InChI=1S/C12H17N7O2/c13-7-9-8-19(3-6-21-9)12-16-10(14)15-11(17-12)18-1-4-20-5-2-18/h9H,1-6,8H2,(H2,14,15,16,17). The van der Waals surface area contributed by atoms with Gasteiger partial charge in [0.15, 0.2) is 6.10 Å². The van der Waals surface area contributed by atoms with Gasteiger partial charge in [0.1, 0.15) is 0 Å². The molecule has 1 aromatic rings. The van der Waals surface area contributed by atoms with E-state index in [1.807, 2.05) is 9.80 Å². The molecule has 0 saturated carbocycles. The Morgan fingerprint density at radius 2 is 1.71 bits per heavy atom. The largest absolute Gasteiger partial charge is 0.378 e. The Morgan fingerprint density at radius 1 is 1.05 bits per heavy atom. The summed E-state index contributed by atoms with van der Waals surface area (Å²) >= 11 is 0. The average molecular weight is 291 g/mol. The summed E-state index contributed by atoms with van der Waals surface area (Å²) in [5.74, 6) is 1.23. The first kappa shape index (κ1) is 13.8. The van der Waals surface area contributed by atoms with Crippen LogP contribution in [0.4, 0.5) is 17.8 Å². The number of anilines is 3. The second-order valence-corrected chi connectivity index (χ2v) is 4.83. The van der Waals surface area contributed by atoms with Crippen LogP contribution in [0.15, 0.2) is 0 Å². The van der Waals surface area contributed by atoms with E-state index in [-0.39, 0.29) is 5.95 Å². The number of aromatic nitrogens is 3. The predicted molar refractivity (Wildman–Crippen MR) is 74.8 cm³/mol. The molecule has 3 rings (SSSR count). The van der Waals surface area contributed by atoms with E-state index in [1.165, 1.54) is 0 Å². The van der Waals surface area contributed by atoms with Crippen LogP contribution in [-0.4, -0.2) is 67.1 Å². The molecule has 112 valence electrons. The van der Waals surface area contributed by atoms with E-state index in [1.54, 1.807) is 0 Å². The topological polar surface area (TPSA) is 113 Å². The lowest BCUT2D eigenvalue weighted by Gasteiger charge is -2.31. The molecule has 21 heavy (non-hydrogen) atoms.